The van der Waals surface area contributed by atoms with E-state index in [1.165, 1.54) is 0 Å². The highest BCUT2D eigenvalue weighted by atomic mass is 16.4. The van der Waals surface area contributed by atoms with Crippen molar-refractivity contribution in [3.63, 3.8) is 0 Å². The second-order valence-electron chi connectivity index (χ2n) is 6.46. The summed E-state index contributed by atoms with van der Waals surface area (Å²) in [6, 6.07) is 7.41. The van der Waals surface area contributed by atoms with Gasteiger partial charge < -0.3 is 10.0 Å². The van der Waals surface area contributed by atoms with Gasteiger partial charge in [-0.2, -0.15) is 0 Å². The molecule has 1 heterocycles. The summed E-state index contributed by atoms with van der Waals surface area (Å²) < 4.78 is 0. The molecule has 1 N–H and O–H groups in total. The molecule has 1 aliphatic heterocycles. The van der Waals surface area contributed by atoms with Gasteiger partial charge in [-0.3, -0.25) is 9.59 Å². The fourth-order valence-corrected chi connectivity index (χ4v) is 2.69. The predicted molar refractivity (Wildman–Crippen MR) is 81.2 cm³/mol. The van der Waals surface area contributed by atoms with Crippen molar-refractivity contribution in [2.24, 2.45) is 5.41 Å². The zero-order chi connectivity index (χ0) is 15.6. The summed E-state index contributed by atoms with van der Waals surface area (Å²) in [7, 11) is 0. The van der Waals surface area contributed by atoms with Crippen molar-refractivity contribution in [2.75, 3.05) is 13.1 Å². The maximum Gasteiger partial charge on any atom is 0.323 e. The Morgan fingerprint density at radius 1 is 1.29 bits per heavy atom. The zero-order valence-corrected chi connectivity index (χ0v) is 12.7. The van der Waals surface area contributed by atoms with Gasteiger partial charge in [-0.15, -0.1) is 0 Å². The Morgan fingerprint density at radius 3 is 2.48 bits per heavy atom. The minimum Gasteiger partial charge on any atom is -0.480 e. The lowest BCUT2D eigenvalue weighted by Crippen LogP contribution is -2.28. The van der Waals surface area contributed by atoms with Gasteiger partial charge in [0.25, 0.3) is 0 Å². The molecule has 1 saturated heterocycles. The van der Waals surface area contributed by atoms with Crippen LogP contribution in [-0.2, 0) is 4.79 Å². The molecule has 21 heavy (non-hydrogen) atoms. The summed E-state index contributed by atoms with van der Waals surface area (Å²) >= 11 is 0. The van der Waals surface area contributed by atoms with E-state index in [1.54, 1.807) is 23.1 Å². The van der Waals surface area contributed by atoms with Crippen molar-refractivity contribution in [3.8, 4) is 0 Å². The molecule has 0 amide bonds. The second kappa shape index (κ2) is 5.72. The van der Waals surface area contributed by atoms with Crippen LogP contribution in [0.25, 0.3) is 0 Å². The van der Waals surface area contributed by atoms with Crippen molar-refractivity contribution >= 4 is 11.8 Å². The Labute approximate surface area is 125 Å². The van der Waals surface area contributed by atoms with E-state index < -0.39 is 5.97 Å². The lowest BCUT2D eigenvalue weighted by molar-refractivity contribution is -0.137. The van der Waals surface area contributed by atoms with E-state index in [9.17, 15) is 9.59 Å². The van der Waals surface area contributed by atoms with Gasteiger partial charge in [0.15, 0.2) is 5.78 Å². The van der Waals surface area contributed by atoms with E-state index in [2.05, 4.69) is 13.8 Å². The number of carbonyl (C=O) groups is 2. The van der Waals surface area contributed by atoms with Gasteiger partial charge in [-0.1, -0.05) is 43.7 Å². The van der Waals surface area contributed by atoms with E-state index in [-0.39, 0.29) is 17.7 Å². The average Bonchev–Trinajstić information content (AvgIpc) is 2.63. The molecule has 0 saturated carbocycles. The maximum atomic E-state index is 12.3. The zero-order valence-electron chi connectivity index (χ0n) is 12.7. The molecule has 0 atom stereocenters. The molecule has 1 aliphatic rings. The third-order valence-corrected chi connectivity index (χ3v) is 3.64. The van der Waals surface area contributed by atoms with E-state index in [0.717, 1.165) is 17.7 Å². The smallest absolute Gasteiger partial charge is 0.323 e. The molecule has 4 nitrogen and oxygen atoms in total. The lowest BCUT2D eigenvalue weighted by Gasteiger charge is -2.19. The summed E-state index contributed by atoms with van der Waals surface area (Å²) in [5.41, 5.74) is 2.55. The Balaban J connectivity index is 2.22. The number of nitrogens with zero attached hydrogens (tertiary/aromatic N) is 1. The van der Waals surface area contributed by atoms with Gasteiger partial charge in [0, 0.05) is 23.9 Å². The van der Waals surface area contributed by atoms with Crippen LogP contribution in [0.15, 0.2) is 36.0 Å². The standard InChI is InChI=1S/C17H21NO3/c1-12-4-6-13(7-5-12)15(19)8-14-9-17(2,3)11-18(14)10-16(20)21/h4-8H,9-11H2,1-3H3,(H,20,21)/b14-8-. The number of allylic oxidation sites excluding steroid dienone is 2. The first-order chi connectivity index (χ1) is 9.77. The van der Waals surface area contributed by atoms with Crippen LogP contribution in [0, 0.1) is 12.3 Å². The maximum absolute atomic E-state index is 12.3. The molecule has 2 rings (SSSR count). The van der Waals surface area contributed by atoms with Crippen LogP contribution in [-0.4, -0.2) is 34.8 Å². The molecular weight excluding hydrogens is 266 g/mol. The number of carboxylic acid groups (broad SMARTS) is 1. The molecule has 1 fully saturated rings. The molecule has 0 spiro atoms. The Hall–Kier alpha value is -2.10. The Morgan fingerprint density at radius 2 is 1.90 bits per heavy atom. The van der Waals surface area contributed by atoms with E-state index in [0.29, 0.717) is 12.1 Å². The molecule has 0 bridgehead atoms. The van der Waals surface area contributed by atoms with Gasteiger partial charge in [0.2, 0.25) is 0 Å². The van der Waals surface area contributed by atoms with Crippen LogP contribution in [0.5, 0.6) is 0 Å². The van der Waals surface area contributed by atoms with Crippen LogP contribution in [0.1, 0.15) is 36.2 Å². The van der Waals surface area contributed by atoms with Crippen molar-refractivity contribution in [3.05, 3.63) is 47.2 Å². The van der Waals surface area contributed by atoms with Crippen molar-refractivity contribution in [1.29, 1.82) is 0 Å². The summed E-state index contributed by atoms with van der Waals surface area (Å²) in [6.45, 7) is 6.74. The monoisotopic (exact) mass is 287 g/mol. The third-order valence-electron chi connectivity index (χ3n) is 3.64. The number of carbonyl (C=O) groups excluding carboxylic acids is 1. The first kappa shape index (κ1) is 15.3. The number of hydrogen-bond acceptors (Lipinski definition) is 3. The number of ketones is 1. The number of aliphatic carboxylic acids is 1. The quantitative estimate of drug-likeness (QED) is 0.683. The summed E-state index contributed by atoms with van der Waals surface area (Å²) in [6.07, 6.45) is 2.31. The largest absolute Gasteiger partial charge is 0.480 e. The SMILES string of the molecule is Cc1ccc(C(=O)/C=C2/CC(C)(C)CN2CC(=O)O)cc1. The van der Waals surface area contributed by atoms with Gasteiger partial charge in [0.1, 0.15) is 6.54 Å². The molecule has 0 aromatic heterocycles. The molecule has 112 valence electrons. The highest BCUT2D eigenvalue weighted by molar-refractivity contribution is 6.04. The third kappa shape index (κ3) is 3.94. The number of likely N-dealkylation sites (tertiary alicyclic amines) is 1. The van der Waals surface area contributed by atoms with E-state index in [4.69, 9.17) is 5.11 Å². The first-order valence-electron chi connectivity index (χ1n) is 7.05. The topological polar surface area (TPSA) is 57.6 Å². The number of carboxylic acids is 1. The fourth-order valence-electron chi connectivity index (χ4n) is 2.69. The predicted octanol–water partition coefficient (Wildman–Crippen LogP) is 2.88. The van der Waals surface area contributed by atoms with Crippen molar-refractivity contribution in [1.82, 2.24) is 4.90 Å². The summed E-state index contributed by atoms with van der Waals surface area (Å²) in [4.78, 5) is 25.0. The fraction of sp³-hybridized carbons (Fsp3) is 0.412. The first-order valence-corrected chi connectivity index (χ1v) is 7.05. The molecule has 4 heteroatoms. The van der Waals surface area contributed by atoms with Gasteiger partial charge in [0.05, 0.1) is 0 Å². The van der Waals surface area contributed by atoms with Crippen LogP contribution in [0.4, 0.5) is 0 Å². The molecule has 0 aliphatic carbocycles. The van der Waals surface area contributed by atoms with Gasteiger partial charge in [-0.05, 0) is 18.8 Å². The van der Waals surface area contributed by atoms with Crippen LogP contribution < -0.4 is 0 Å². The summed E-state index contributed by atoms with van der Waals surface area (Å²) in [5, 5.41) is 8.99. The van der Waals surface area contributed by atoms with Crippen molar-refractivity contribution in [2.45, 2.75) is 27.2 Å². The molecule has 1 aromatic carbocycles. The average molecular weight is 287 g/mol. The molecule has 0 radical (unpaired) electrons. The number of hydrogen-bond donors (Lipinski definition) is 1. The molecule has 1 aromatic rings. The number of rotatable bonds is 4. The van der Waals surface area contributed by atoms with Crippen molar-refractivity contribution < 1.29 is 14.7 Å². The minimum absolute atomic E-state index is 0.00512. The molecule has 0 unspecified atom stereocenters. The Kier molecular flexibility index (Phi) is 4.16. The normalized spacial score (nSPS) is 19.0. The van der Waals surface area contributed by atoms with E-state index >= 15 is 0 Å². The van der Waals surface area contributed by atoms with Crippen LogP contribution in [0.2, 0.25) is 0 Å². The minimum atomic E-state index is -0.874. The second-order valence-corrected chi connectivity index (χ2v) is 6.46. The van der Waals surface area contributed by atoms with Gasteiger partial charge >= 0.3 is 5.97 Å². The van der Waals surface area contributed by atoms with Crippen LogP contribution >= 0.6 is 0 Å². The highest BCUT2D eigenvalue weighted by Gasteiger charge is 2.34. The number of benzene rings is 1. The highest BCUT2D eigenvalue weighted by Crippen LogP contribution is 2.36. The summed E-state index contributed by atoms with van der Waals surface area (Å²) in [5.74, 6) is -0.945. The van der Waals surface area contributed by atoms with Gasteiger partial charge in [-0.25, -0.2) is 0 Å². The Bertz CT molecular complexity index is 585. The van der Waals surface area contributed by atoms with E-state index in [1.807, 2.05) is 19.1 Å². The lowest BCUT2D eigenvalue weighted by atomic mass is 9.92. The van der Waals surface area contributed by atoms with Crippen LogP contribution in [0.3, 0.4) is 0 Å². The molecular formula is C17H21NO3. The number of aryl methyl sites for hydroxylation is 1.